The minimum absolute atomic E-state index is 0.0589. The van der Waals surface area contributed by atoms with E-state index in [9.17, 15) is 4.79 Å². The van der Waals surface area contributed by atoms with Crippen molar-refractivity contribution in [2.75, 3.05) is 0 Å². The standard InChI is InChI=1S/C12H12N2O/c1-2-3-6-11(15)14-9-7-10-5-4-8-13-12(10)14/h2,4-5,7-9H,1,3,6H2. The lowest BCUT2D eigenvalue weighted by Crippen LogP contribution is -2.08. The highest BCUT2D eigenvalue weighted by Gasteiger charge is 2.07. The molecular weight excluding hydrogens is 188 g/mol. The molecule has 0 fully saturated rings. The maximum atomic E-state index is 11.8. The first kappa shape index (κ1) is 9.65. The molecule has 2 aromatic rings. The molecule has 2 rings (SSSR count). The molecule has 15 heavy (non-hydrogen) atoms. The van der Waals surface area contributed by atoms with Crippen LogP contribution in [0.15, 0.2) is 43.2 Å². The Morgan fingerprint density at radius 1 is 1.53 bits per heavy atom. The summed E-state index contributed by atoms with van der Waals surface area (Å²) in [4.78, 5) is 15.9. The maximum absolute atomic E-state index is 11.8. The van der Waals surface area contributed by atoms with E-state index in [0.29, 0.717) is 12.8 Å². The van der Waals surface area contributed by atoms with Crippen LogP contribution >= 0.6 is 0 Å². The van der Waals surface area contributed by atoms with E-state index in [1.807, 2.05) is 18.2 Å². The summed E-state index contributed by atoms with van der Waals surface area (Å²) < 4.78 is 1.60. The van der Waals surface area contributed by atoms with Crippen LogP contribution in [0.1, 0.15) is 17.6 Å². The normalized spacial score (nSPS) is 10.4. The second kappa shape index (κ2) is 4.09. The van der Waals surface area contributed by atoms with E-state index in [4.69, 9.17) is 0 Å². The van der Waals surface area contributed by atoms with E-state index in [1.54, 1.807) is 23.0 Å². The van der Waals surface area contributed by atoms with Gasteiger partial charge in [0.2, 0.25) is 5.91 Å². The second-order valence-corrected chi connectivity index (χ2v) is 3.32. The maximum Gasteiger partial charge on any atom is 0.232 e. The molecule has 0 bridgehead atoms. The molecule has 0 saturated heterocycles. The third-order valence-corrected chi connectivity index (χ3v) is 2.28. The first-order valence-electron chi connectivity index (χ1n) is 4.89. The number of fused-ring (bicyclic) bond motifs is 1. The van der Waals surface area contributed by atoms with Crippen LogP contribution in [-0.2, 0) is 0 Å². The Balaban J connectivity index is 2.35. The highest BCUT2D eigenvalue weighted by atomic mass is 16.2. The van der Waals surface area contributed by atoms with Crippen LogP contribution in [0.4, 0.5) is 0 Å². The zero-order chi connectivity index (χ0) is 10.7. The van der Waals surface area contributed by atoms with E-state index in [0.717, 1.165) is 11.0 Å². The molecule has 0 aromatic carbocycles. The summed E-state index contributed by atoms with van der Waals surface area (Å²) in [5, 5.41) is 0.990. The van der Waals surface area contributed by atoms with Crippen molar-refractivity contribution in [2.24, 2.45) is 0 Å². The van der Waals surface area contributed by atoms with Gasteiger partial charge in [-0.15, -0.1) is 6.58 Å². The smallest absolute Gasteiger partial charge is 0.232 e. The Kier molecular flexibility index (Phi) is 2.63. The van der Waals surface area contributed by atoms with E-state index in [2.05, 4.69) is 11.6 Å². The largest absolute Gasteiger partial charge is 0.274 e. The molecule has 2 aromatic heterocycles. The van der Waals surface area contributed by atoms with Crippen LogP contribution in [0.2, 0.25) is 0 Å². The van der Waals surface area contributed by atoms with Gasteiger partial charge in [-0.2, -0.15) is 0 Å². The fourth-order valence-electron chi connectivity index (χ4n) is 1.51. The summed E-state index contributed by atoms with van der Waals surface area (Å²) in [7, 11) is 0. The molecule has 0 radical (unpaired) electrons. The third-order valence-electron chi connectivity index (χ3n) is 2.28. The quantitative estimate of drug-likeness (QED) is 0.714. The molecule has 0 spiro atoms. The molecule has 2 heterocycles. The van der Waals surface area contributed by atoms with E-state index in [1.165, 1.54) is 0 Å². The van der Waals surface area contributed by atoms with Gasteiger partial charge in [-0.05, 0) is 24.6 Å². The second-order valence-electron chi connectivity index (χ2n) is 3.32. The van der Waals surface area contributed by atoms with Crippen LogP contribution in [0.3, 0.4) is 0 Å². The molecule has 3 heteroatoms. The summed E-state index contributed by atoms with van der Waals surface area (Å²) in [6, 6.07) is 5.70. The summed E-state index contributed by atoms with van der Waals surface area (Å²) in [6.07, 6.45) is 6.38. The van der Waals surface area contributed by atoms with Crippen LogP contribution in [0, 0.1) is 0 Å². The van der Waals surface area contributed by atoms with Crippen molar-refractivity contribution in [1.82, 2.24) is 9.55 Å². The number of allylic oxidation sites excluding steroid dienone is 1. The predicted molar refractivity (Wildman–Crippen MR) is 59.8 cm³/mol. The highest BCUT2D eigenvalue weighted by molar-refractivity contribution is 5.90. The van der Waals surface area contributed by atoms with Crippen molar-refractivity contribution in [1.29, 1.82) is 0 Å². The number of rotatable bonds is 3. The van der Waals surface area contributed by atoms with E-state index < -0.39 is 0 Å². The summed E-state index contributed by atoms with van der Waals surface area (Å²) >= 11 is 0. The number of hydrogen-bond acceptors (Lipinski definition) is 2. The van der Waals surface area contributed by atoms with Gasteiger partial charge in [0, 0.05) is 24.2 Å². The molecule has 0 atom stereocenters. The zero-order valence-corrected chi connectivity index (χ0v) is 8.39. The van der Waals surface area contributed by atoms with Gasteiger partial charge in [0.15, 0.2) is 0 Å². The Hall–Kier alpha value is -1.90. The van der Waals surface area contributed by atoms with Crippen LogP contribution in [0.25, 0.3) is 11.0 Å². The molecule has 0 saturated carbocycles. The minimum atomic E-state index is 0.0589. The lowest BCUT2D eigenvalue weighted by atomic mass is 10.3. The summed E-state index contributed by atoms with van der Waals surface area (Å²) in [5.41, 5.74) is 0.728. The molecule has 0 aliphatic rings. The fraction of sp³-hybridized carbons (Fsp3) is 0.167. The van der Waals surface area contributed by atoms with Gasteiger partial charge in [0.05, 0.1) is 0 Å². The molecule has 0 amide bonds. The Bertz CT molecular complexity index is 499. The number of carbonyl (C=O) groups is 1. The molecule has 0 N–H and O–H groups in total. The Morgan fingerprint density at radius 3 is 3.20 bits per heavy atom. The minimum Gasteiger partial charge on any atom is -0.274 e. The monoisotopic (exact) mass is 200 g/mol. The van der Waals surface area contributed by atoms with Gasteiger partial charge in [-0.25, -0.2) is 4.98 Å². The summed E-state index contributed by atoms with van der Waals surface area (Å²) in [5.74, 6) is 0.0589. The van der Waals surface area contributed by atoms with Gasteiger partial charge in [0.1, 0.15) is 5.65 Å². The number of carbonyl (C=O) groups excluding carboxylic acids is 1. The van der Waals surface area contributed by atoms with Crippen LogP contribution in [0.5, 0.6) is 0 Å². The van der Waals surface area contributed by atoms with Gasteiger partial charge in [0.25, 0.3) is 0 Å². The topological polar surface area (TPSA) is 34.9 Å². The van der Waals surface area contributed by atoms with Crippen molar-refractivity contribution in [3.05, 3.63) is 43.2 Å². The molecule has 76 valence electrons. The van der Waals surface area contributed by atoms with Crippen molar-refractivity contribution in [3.8, 4) is 0 Å². The predicted octanol–water partition coefficient (Wildman–Crippen LogP) is 2.64. The number of nitrogens with zero attached hydrogens (tertiary/aromatic N) is 2. The number of pyridine rings is 1. The van der Waals surface area contributed by atoms with Crippen LogP contribution < -0.4 is 0 Å². The first-order chi connectivity index (χ1) is 7.33. The average Bonchev–Trinajstić information content (AvgIpc) is 2.69. The van der Waals surface area contributed by atoms with E-state index >= 15 is 0 Å². The van der Waals surface area contributed by atoms with E-state index in [-0.39, 0.29) is 5.91 Å². The SMILES string of the molecule is C=CCCC(=O)n1ccc2cccnc21. The molecule has 0 aliphatic carbocycles. The lowest BCUT2D eigenvalue weighted by molar-refractivity contribution is 0.0908. The van der Waals surface area contributed by atoms with Gasteiger partial charge in [-0.1, -0.05) is 6.08 Å². The molecule has 0 aliphatic heterocycles. The summed E-state index contributed by atoms with van der Waals surface area (Å²) in [6.45, 7) is 3.60. The van der Waals surface area contributed by atoms with Gasteiger partial charge >= 0.3 is 0 Å². The lowest BCUT2D eigenvalue weighted by Gasteiger charge is -2.01. The Labute approximate surface area is 88.0 Å². The van der Waals surface area contributed by atoms with Crippen molar-refractivity contribution >= 4 is 16.9 Å². The highest BCUT2D eigenvalue weighted by Crippen LogP contribution is 2.13. The third kappa shape index (κ3) is 1.81. The number of hydrogen-bond donors (Lipinski definition) is 0. The van der Waals surface area contributed by atoms with Crippen molar-refractivity contribution < 1.29 is 4.79 Å². The molecule has 3 nitrogen and oxygen atoms in total. The van der Waals surface area contributed by atoms with Crippen molar-refractivity contribution in [3.63, 3.8) is 0 Å². The first-order valence-corrected chi connectivity index (χ1v) is 4.89. The van der Waals surface area contributed by atoms with Crippen LogP contribution in [-0.4, -0.2) is 15.5 Å². The zero-order valence-electron chi connectivity index (χ0n) is 8.39. The van der Waals surface area contributed by atoms with Gasteiger partial charge < -0.3 is 0 Å². The average molecular weight is 200 g/mol. The molecule has 0 unspecified atom stereocenters. The molecular formula is C12H12N2O. The van der Waals surface area contributed by atoms with Crippen molar-refractivity contribution in [2.45, 2.75) is 12.8 Å². The Morgan fingerprint density at radius 2 is 2.40 bits per heavy atom. The van der Waals surface area contributed by atoms with Gasteiger partial charge in [-0.3, -0.25) is 9.36 Å². The number of aromatic nitrogens is 2. The fourth-order valence-corrected chi connectivity index (χ4v) is 1.51.